The second kappa shape index (κ2) is 6.45. The quantitative estimate of drug-likeness (QED) is 0.747. The van der Waals surface area contributed by atoms with Crippen LogP contribution in [0, 0.1) is 0 Å². The average molecular weight is 327 g/mol. The third-order valence-corrected chi connectivity index (χ3v) is 4.94. The summed E-state index contributed by atoms with van der Waals surface area (Å²) in [7, 11) is -4.06. The van der Waals surface area contributed by atoms with Gasteiger partial charge in [-0.05, 0) is 19.1 Å². The molecule has 8 heteroatoms. The number of rotatable bonds is 5. The lowest BCUT2D eigenvalue weighted by Crippen LogP contribution is -2.41. The minimum absolute atomic E-state index is 0.0156. The molecule has 1 fully saturated rings. The Labute approximate surface area is 128 Å². The van der Waals surface area contributed by atoms with Crippen LogP contribution in [-0.4, -0.2) is 43.5 Å². The molecule has 0 radical (unpaired) electrons. The number of carbonyl (C=O) groups excluding carboxylic acids is 2. The van der Waals surface area contributed by atoms with Gasteiger partial charge in [0.15, 0.2) is 12.3 Å². The lowest BCUT2D eigenvalue weighted by molar-refractivity contribution is -0.153. The first-order chi connectivity index (χ1) is 10.4. The fourth-order valence-corrected chi connectivity index (χ4v) is 3.81. The number of esters is 1. The lowest BCUT2D eigenvalue weighted by atomic mass is 10.3. The van der Waals surface area contributed by atoms with Crippen LogP contribution in [0.1, 0.15) is 20.3 Å². The van der Waals surface area contributed by atoms with Crippen molar-refractivity contribution in [1.29, 1.82) is 0 Å². The molecule has 0 N–H and O–H groups in total. The summed E-state index contributed by atoms with van der Waals surface area (Å²) >= 11 is 0. The number of sulfonamides is 1. The van der Waals surface area contributed by atoms with Crippen molar-refractivity contribution < 1.29 is 27.5 Å². The van der Waals surface area contributed by atoms with Crippen LogP contribution in [0.15, 0.2) is 35.2 Å². The molecule has 1 saturated heterocycles. The summed E-state index contributed by atoms with van der Waals surface area (Å²) in [5, 5.41) is 0. The van der Waals surface area contributed by atoms with Crippen LogP contribution >= 0.6 is 0 Å². The molecule has 1 aromatic carbocycles. The summed E-state index contributed by atoms with van der Waals surface area (Å²) in [4.78, 5) is 23.4. The van der Waals surface area contributed by atoms with Gasteiger partial charge in [0.1, 0.15) is 0 Å². The SMILES string of the molecule is CCO[C@@H]1C[C@@H](OC(C)=O)C(=O)N1S(=O)(=O)c1ccccc1. The highest BCUT2D eigenvalue weighted by Crippen LogP contribution is 2.29. The van der Waals surface area contributed by atoms with Gasteiger partial charge in [-0.15, -0.1) is 0 Å². The van der Waals surface area contributed by atoms with E-state index in [0.717, 1.165) is 6.92 Å². The molecule has 0 unspecified atom stereocenters. The van der Waals surface area contributed by atoms with Crippen molar-refractivity contribution in [2.45, 2.75) is 37.5 Å². The molecule has 1 heterocycles. The second-order valence-corrected chi connectivity index (χ2v) is 6.51. The first-order valence-corrected chi connectivity index (χ1v) is 8.24. The van der Waals surface area contributed by atoms with E-state index >= 15 is 0 Å². The zero-order chi connectivity index (χ0) is 16.3. The molecule has 1 aliphatic rings. The van der Waals surface area contributed by atoms with E-state index in [1.165, 1.54) is 12.1 Å². The fraction of sp³-hybridized carbons (Fsp3) is 0.429. The van der Waals surface area contributed by atoms with E-state index in [1.54, 1.807) is 25.1 Å². The maximum Gasteiger partial charge on any atom is 0.303 e. The van der Waals surface area contributed by atoms with Crippen LogP contribution in [0.3, 0.4) is 0 Å². The molecular weight excluding hydrogens is 310 g/mol. The monoisotopic (exact) mass is 327 g/mol. The molecule has 22 heavy (non-hydrogen) atoms. The molecule has 0 aliphatic carbocycles. The molecule has 1 aliphatic heterocycles. The van der Waals surface area contributed by atoms with Crippen LogP contribution in [0.2, 0.25) is 0 Å². The third kappa shape index (κ3) is 3.12. The van der Waals surface area contributed by atoms with E-state index in [0.29, 0.717) is 4.31 Å². The number of benzene rings is 1. The third-order valence-electron chi connectivity index (χ3n) is 3.14. The summed E-state index contributed by atoms with van der Waals surface area (Å²) in [6, 6.07) is 7.58. The zero-order valence-electron chi connectivity index (χ0n) is 12.3. The molecule has 0 bridgehead atoms. The van der Waals surface area contributed by atoms with E-state index < -0.39 is 34.2 Å². The van der Waals surface area contributed by atoms with Gasteiger partial charge in [-0.3, -0.25) is 9.59 Å². The predicted octanol–water partition coefficient (Wildman–Crippen LogP) is 0.902. The summed E-state index contributed by atoms with van der Waals surface area (Å²) in [5.74, 6) is -1.44. The van der Waals surface area contributed by atoms with Crippen molar-refractivity contribution in [3.8, 4) is 0 Å². The van der Waals surface area contributed by atoms with Gasteiger partial charge < -0.3 is 9.47 Å². The highest BCUT2D eigenvalue weighted by atomic mass is 32.2. The van der Waals surface area contributed by atoms with Gasteiger partial charge in [-0.25, -0.2) is 12.7 Å². The van der Waals surface area contributed by atoms with Crippen LogP contribution in [-0.2, 0) is 29.1 Å². The highest BCUT2D eigenvalue weighted by molar-refractivity contribution is 7.89. The Balaban J connectivity index is 2.37. The smallest absolute Gasteiger partial charge is 0.303 e. The van der Waals surface area contributed by atoms with Crippen LogP contribution in [0.25, 0.3) is 0 Å². The van der Waals surface area contributed by atoms with Crippen molar-refractivity contribution in [2.75, 3.05) is 6.61 Å². The maximum absolute atomic E-state index is 12.6. The number of amides is 1. The Morgan fingerprint density at radius 3 is 2.50 bits per heavy atom. The Bertz CT molecular complexity index is 657. The standard InChI is InChI=1S/C14H17NO6S/c1-3-20-13-9-12(21-10(2)16)14(17)15(13)22(18,19)11-7-5-4-6-8-11/h4-8,12-13H,3,9H2,1-2H3/t12-,13-/m1/s1. The van der Waals surface area contributed by atoms with E-state index in [-0.39, 0.29) is 17.9 Å². The number of ether oxygens (including phenoxy) is 2. The highest BCUT2D eigenvalue weighted by Gasteiger charge is 2.48. The van der Waals surface area contributed by atoms with E-state index in [2.05, 4.69) is 0 Å². The van der Waals surface area contributed by atoms with Gasteiger partial charge >= 0.3 is 5.97 Å². The maximum atomic E-state index is 12.6. The van der Waals surface area contributed by atoms with Gasteiger partial charge in [0.25, 0.3) is 15.9 Å². The molecule has 120 valence electrons. The Morgan fingerprint density at radius 2 is 1.95 bits per heavy atom. The van der Waals surface area contributed by atoms with E-state index in [4.69, 9.17) is 9.47 Å². The largest absolute Gasteiger partial charge is 0.452 e. The van der Waals surface area contributed by atoms with Crippen molar-refractivity contribution in [2.24, 2.45) is 0 Å². The fourth-order valence-electron chi connectivity index (χ4n) is 2.27. The first kappa shape index (κ1) is 16.4. The van der Waals surface area contributed by atoms with Gasteiger partial charge in [-0.1, -0.05) is 18.2 Å². The number of carbonyl (C=O) groups is 2. The molecular formula is C14H17NO6S. The summed E-state index contributed by atoms with van der Waals surface area (Å²) in [6.07, 6.45) is -2.14. The summed E-state index contributed by atoms with van der Waals surface area (Å²) in [5.41, 5.74) is 0. The van der Waals surface area contributed by atoms with Crippen LogP contribution in [0.5, 0.6) is 0 Å². The van der Waals surface area contributed by atoms with Gasteiger partial charge in [0.2, 0.25) is 0 Å². The van der Waals surface area contributed by atoms with Crippen molar-refractivity contribution in [3.05, 3.63) is 30.3 Å². The van der Waals surface area contributed by atoms with E-state index in [9.17, 15) is 18.0 Å². The van der Waals surface area contributed by atoms with Crippen molar-refractivity contribution in [3.63, 3.8) is 0 Å². The first-order valence-electron chi connectivity index (χ1n) is 6.80. The predicted molar refractivity (Wildman–Crippen MR) is 76.1 cm³/mol. The Morgan fingerprint density at radius 1 is 1.32 bits per heavy atom. The minimum atomic E-state index is -4.06. The molecule has 0 spiro atoms. The van der Waals surface area contributed by atoms with Crippen LogP contribution < -0.4 is 0 Å². The van der Waals surface area contributed by atoms with Gasteiger partial charge in [0.05, 0.1) is 4.90 Å². The number of hydrogen-bond acceptors (Lipinski definition) is 6. The molecule has 0 aromatic heterocycles. The number of nitrogens with zero attached hydrogens (tertiary/aromatic N) is 1. The topological polar surface area (TPSA) is 90.0 Å². The molecule has 1 aromatic rings. The zero-order valence-corrected chi connectivity index (χ0v) is 13.1. The van der Waals surface area contributed by atoms with Gasteiger partial charge in [0, 0.05) is 20.0 Å². The van der Waals surface area contributed by atoms with Crippen molar-refractivity contribution >= 4 is 21.9 Å². The Kier molecular flexibility index (Phi) is 4.82. The average Bonchev–Trinajstić information content (AvgIpc) is 2.76. The molecule has 1 amide bonds. The number of hydrogen-bond donors (Lipinski definition) is 0. The van der Waals surface area contributed by atoms with Crippen molar-refractivity contribution in [1.82, 2.24) is 4.31 Å². The van der Waals surface area contributed by atoms with Crippen LogP contribution in [0.4, 0.5) is 0 Å². The van der Waals surface area contributed by atoms with Gasteiger partial charge in [-0.2, -0.15) is 0 Å². The summed E-state index contributed by atoms with van der Waals surface area (Å²) in [6.45, 7) is 3.08. The molecule has 0 saturated carbocycles. The molecule has 2 rings (SSSR count). The normalized spacial score (nSPS) is 21.9. The van der Waals surface area contributed by atoms with E-state index in [1.807, 2.05) is 0 Å². The summed E-state index contributed by atoms with van der Waals surface area (Å²) < 4.78 is 36.2. The Hall–Kier alpha value is -1.93. The molecule has 2 atom stereocenters. The molecule has 7 nitrogen and oxygen atoms in total. The minimum Gasteiger partial charge on any atom is -0.452 e. The second-order valence-electron chi connectivity index (χ2n) is 4.70. The lowest BCUT2D eigenvalue weighted by Gasteiger charge is -2.23.